The van der Waals surface area contributed by atoms with Crippen LogP contribution in [0.4, 0.5) is 0 Å². The molecule has 112 valence electrons. The SMILES string of the molecule is CCC(N)C(c1cccs1)N1CCCC2CCCCC21. The molecule has 2 fully saturated rings. The van der Waals surface area contributed by atoms with Gasteiger partial charge in [0.2, 0.25) is 0 Å². The number of fused-ring (bicyclic) bond motifs is 1. The van der Waals surface area contributed by atoms with Crippen molar-refractivity contribution in [2.24, 2.45) is 11.7 Å². The number of hydrogen-bond donors (Lipinski definition) is 1. The molecule has 0 radical (unpaired) electrons. The van der Waals surface area contributed by atoms with Gasteiger partial charge in [-0.15, -0.1) is 11.3 Å². The lowest BCUT2D eigenvalue weighted by Crippen LogP contribution is -2.52. The molecular weight excluding hydrogens is 264 g/mol. The number of rotatable bonds is 4. The van der Waals surface area contributed by atoms with Crippen molar-refractivity contribution >= 4 is 11.3 Å². The zero-order valence-electron chi connectivity index (χ0n) is 12.6. The highest BCUT2D eigenvalue weighted by atomic mass is 32.1. The summed E-state index contributed by atoms with van der Waals surface area (Å²) in [5.41, 5.74) is 6.53. The van der Waals surface area contributed by atoms with E-state index in [1.54, 1.807) is 0 Å². The monoisotopic (exact) mass is 292 g/mol. The highest BCUT2D eigenvalue weighted by Crippen LogP contribution is 2.41. The summed E-state index contributed by atoms with van der Waals surface area (Å²) in [5, 5.41) is 2.20. The van der Waals surface area contributed by atoms with E-state index < -0.39 is 0 Å². The molecule has 1 saturated carbocycles. The van der Waals surface area contributed by atoms with Crippen molar-refractivity contribution in [1.29, 1.82) is 0 Å². The van der Waals surface area contributed by atoms with Gasteiger partial charge >= 0.3 is 0 Å². The van der Waals surface area contributed by atoms with Crippen LogP contribution < -0.4 is 5.73 Å². The molecule has 4 atom stereocenters. The van der Waals surface area contributed by atoms with Crippen molar-refractivity contribution in [3.8, 4) is 0 Å². The standard InChI is InChI=1S/C17H28N2S/c1-2-14(18)17(16-10-6-12-20-16)19-11-5-8-13-7-3-4-9-15(13)19/h6,10,12-15,17H,2-5,7-9,11,18H2,1H3. The molecule has 1 aliphatic carbocycles. The van der Waals surface area contributed by atoms with Crippen LogP contribution in [-0.2, 0) is 0 Å². The first-order valence-electron chi connectivity index (χ1n) is 8.36. The number of nitrogens with two attached hydrogens (primary N) is 1. The molecule has 2 aliphatic rings. The molecule has 3 rings (SSSR count). The van der Waals surface area contributed by atoms with Gasteiger partial charge in [-0.3, -0.25) is 4.90 Å². The first-order valence-corrected chi connectivity index (χ1v) is 9.24. The van der Waals surface area contributed by atoms with Crippen LogP contribution >= 0.6 is 11.3 Å². The highest BCUT2D eigenvalue weighted by molar-refractivity contribution is 7.10. The predicted octanol–water partition coefficient (Wildman–Crippen LogP) is 4.18. The van der Waals surface area contributed by atoms with Crippen molar-refractivity contribution in [2.75, 3.05) is 6.54 Å². The van der Waals surface area contributed by atoms with Gasteiger partial charge in [-0.25, -0.2) is 0 Å². The van der Waals surface area contributed by atoms with E-state index in [1.807, 2.05) is 11.3 Å². The minimum absolute atomic E-state index is 0.273. The summed E-state index contributed by atoms with van der Waals surface area (Å²) in [6, 6.07) is 5.98. The molecule has 1 aromatic heterocycles. The fourth-order valence-corrected chi connectivity index (χ4v) is 5.23. The molecule has 2 N–H and O–H groups in total. The van der Waals surface area contributed by atoms with Crippen LogP contribution in [0.2, 0.25) is 0 Å². The van der Waals surface area contributed by atoms with Gasteiger partial charge in [0.05, 0.1) is 6.04 Å². The van der Waals surface area contributed by atoms with Gasteiger partial charge in [0.25, 0.3) is 0 Å². The molecule has 4 unspecified atom stereocenters. The maximum Gasteiger partial charge on any atom is 0.0595 e. The van der Waals surface area contributed by atoms with E-state index in [0.29, 0.717) is 6.04 Å². The second-order valence-corrected chi connectivity index (χ2v) is 7.50. The molecule has 1 aromatic rings. The number of piperidine rings is 1. The van der Waals surface area contributed by atoms with Crippen molar-refractivity contribution in [3.05, 3.63) is 22.4 Å². The Hall–Kier alpha value is -0.380. The Morgan fingerprint density at radius 1 is 1.30 bits per heavy atom. The maximum absolute atomic E-state index is 6.53. The van der Waals surface area contributed by atoms with Crippen LogP contribution in [0.1, 0.15) is 62.8 Å². The third-order valence-corrected chi connectivity index (χ3v) is 6.30. The van der Waals surface area contributed by atoms with Gasteiger partial charge < -0.3 is 5.73 Å². The van der Waals surface area contributed by atoms with E-state index in [4.69, 9.17) is 5.73 Å². The van der Waals surface area contributed by atoms with Gasteiger partial charge in [0.1, 0.15) is 0 Å². The molecule has 3 heteroatoms. The van der Waals surface area contributed by atoms with Crippen molar-refractivity contribution in [3.63, 3.8) is 0 Å². The summed E-state index contributed by atoms with van der Waals surface area (Å²) in [6.45, 7) is 3.48. The second-order valence-electron chi connectivity index (χ2n) is 6.52. The van der Waals surface area contributed by atoms with Crippen LogP contribution in [-0.4, -0.2) is 23.5 Å². The first kappa shape index (κ1) is 14.6. The van der Waals surface area contributed by atoms with Crippen molar-refractivity contribution in [1.82, 2.24) is 4.90 Å². The smallest absolute Gasteiger partial charge is 0.0595 e. The van der Waals surface area contributed by atoms with Crippen LogP contribution in [0.3, 0.4) is 0 Å². The number of hydrogen-bond acceptors (Lipinski definition) is 3. The van der Waals surface area contributed by atoms with Gasteiger partial charge in [0, 0.05) is 17.0 Å². The maximum atomic E-state index is 6.53. The summed E-state index contributed by atoms with van der Waals surface area (Å²) >= 11 is 1.89. The van der Waals surface area contributed by atoms with E-state index in [1.165, 1.54) is 49.9 Å². The average Bonchev–Trinajstić information content (AvgIpc) is 3.01. The largest absolute Gasteiger partial charge is 0.326 e. The molecule has 2 nitrogen and oxygen atoms in total. The van der Waals surface area contributed by atoms with Crippen LogP contribution in [0.25, 0.3) is 0 Å². The molecule has 2 heterocycles. The van der Waals surface area contributed by atoms with Gasteiger partial charge in [-0.05, 0) is 56.0 Å². The van der Waals surface area contributed by atoms with Gasteiger partial charge in [-0.2, -0.15) is 0 Å². The number of thiophene rings is 1. The first-order chi connectivity index (χ1) is 9.81. The quantitative estimate of drug-likeness (QED) is 0.902. The Labute approximate surface area is 127 Å². The third kappa shape index (κ3) is 2.81. The normalized spacial score (nSPS) is 30.7. The minimum atomic E-state index is 0.273. The summed E-state index contributed by atoms with van der Waals surface area (Å²) in [5.74, 6) is 0.934. The summed E-state index contributed by atoms with van der Waals surface area (Å²) < 4.78 is 0. The molecule has 0 aromatic carbocycles. The Balaban J connectivity index is 1.85. The second kappa shape index (κ2) is 6.59. The zero-order chi connectivity index (χ0) is 13.9. The zero-order valence-corrected chi connectivity index (χ0v) is 13.4. The van der Waals surface area contributed by atoms with Gasteiger partial charge in [-0.1, -0.05) is 25.8 Å². The van der Waals surface area contributed by atoms with E-state index in [0.717, 1.165) is 18.4 Å². The lowest BCUT2D eigenvalue weighted by atomic mass is 9.77. The molecular formula is C17H28N2S. The van der Waals surface area contributed by atoms with Crippen LogP contribution in [0.15, 0.2) is 17.5 Å². The average molecular weight is 292 g/mol. The Kier molecular flexibility index (Phi) is 4.79. The van der Waals surface area contributed by atoms with E-state index in [-0.39, 0.29) is 6.04 Å². The lowest BCUT2D eigenvalue weighted by molar-refractivity contribution is 0.0167. The molecule has 0 spiro atoms. The number of nitrogens with zero attached hydrogens (tertiary/aromatic N) is 1. The summed E-state index contributed by atoms with van der Waals surface area (Å²) in [6.07, 6.45) is 9.56. The molecule has 0 amide bonds. The third-order valence-electron chi connectivity index (χ3n) is 5.36. The molecule has 0 bridgehead atoms. The fraction of sp³-hybridized carbons (Fsp3) is 0.765. The van der Waals surface area contributed by atoms with E-state index >= 15 is 0 Å². The van der Waals surface area contributed by atoms with E-state index in [9.17, 15) is 0 Å². The predicted molar refractivity (Wildman–Crippen MR) is 87.0 cm³/mol. The molecule has 1 aliphatic heterocycles. The van der Waals surface area contributed by atoms with E-state index in [2.05, 4.69) is 29.3 Å². The molecule has 20 heavy (non-hydrogen) atoms. The van der Waals surface area contributed by atoms with Gasteiger partial charge in [0.15, 0.2) is 0 Å². The van der Waals surface area contributed by atoms with Crippen molar-refractivity contribution < 1.29 is 0 Å². The Morgan fingerprint density at radius 2 is 2.10 bits per heavy atom. The minimum Gasteiger partial charge on any atom is -0.326 e. The summed E-state index contributed by atoms with van der Waals surface area (Å²) in [4.78, 5) is 4.26. The fourth-order valence-electron chi connectivity index (χ4n) is 4.31. The Bertz CT molecular complexity index is 401. The topological polar surface area (TPSA) is 29.3 Å². The summed E-state index contributed by atoms with van der Waals surface area (Å²) in [7, 11) is 0. The lowest BCUT2D eigenvalue weighted by Gasteiger charge is -2.48. The molecule has 1 saturated heterocycles. The van der Waals surface area contributed by atoms with Crippen LogP contribution in [0, 0.1) is 5.92 Å². The Morgan fingerprint density at radius 3 is 2.85 bits per heavy atom. The number of likely N-dealkylation sites (tertiary alicyclic amines) is 1. The van der Waals surface area contributed by atoms with Crippen LogP contribution in [0.5, 0.6) is 0 Å². The van der Waals surface area contributed by atoms with Crippen molar-refractivity contribution in [2.45, 2.75) is 70.0 Å². The highest BCUT2D eigenvalue weighted by Gasteiger charge is 2.39.